The normalized spacial score (nSPS) is 13.5. The molecule has 0 aromatic carbocycles. The van der Waals surface area contributed by atoms with E-state index in [1.165, 1.54) is 6.07 Å². The van der Waals surface area contributed by atoms with E-state index in [0.29, 0.717) is 0 Å². The largest absolute Gasteiger partial charge is 1.00 e. The van der Waals surface area contributed by atoms with Crippen molar-refractivity contribution >= 4 is 21.5 Å². The summed E-state index contributed by atoms with van der Waals surface area (Å²) < 4.78 is 30.7. The van der Waals surface area contributed by atoms with Crippen LogP contribution in [0.3, 0.4) is 0 Å². The van der Waals surface area contributed by atoms with Gasteiger partial charge >= 0.3 is 29.6 Å². The maximum absolute atomic E-state index is 10.2. The number of aliphatic hydroxyl groups is 1. The van der Waals surface area contributed by atoms with Crippen molar-refractivity contribution < 1.29 is 47.6 Å². The van der Waals surface area contributed by atoms with Gasteiger partial charge in [-0.2, -0.15) is 0 Å². The van der Waals surface area contributed by atoms with E-state index in [0.717, 1.165) is 11.3 Å². The third-order valence-electron chi connectivity index (χ3n) is 1.06. The second-order valence-corrected chi connectivity index (χ2v) is 4.27. The molecule has 1 aromatic heterocycles. The van der Waals surface area contributed by atoms with E-state index in [-0.39, 0.29) is 34.4 Å². The van der Waals surface area contributed by atoms with E-state index in [9.17, 15) is 13.0 Å². The molecule has 1 rings (SSSR count). The Hall–Kier alpha value is 0.570. The van der Waals surface area contributed by atoms with Crippen LogP contribution in [-0.2, 0) is 10.1 Å². The first kappa shape index (κ1) is 12.6. The van der Waals surface area contributed by atoms with Crippen molar-refractivity contribution in [2.24, 2.45) is 0 Å². The second kappa shape index (κ2) is 4.71. The Morgan fingerprint density at radius 1 is 1.58 bits per heavy atom. The first-order valence-electron chi connectivity index (χ1n) is 2.68. The van der Waals surface area contributed by atoms with Crippen molar-refractivity contribution in [2.45, 2.75) is 5.44 Å². The van der Waals surface area contributed by atoms with Gasteiger partial charge in [0.05, 0.1) is 0 Å². The Morgan fingerprint density at radius 2 is 2.17 bits per heavy atom. The minimum absolute atomic E-state index is 0. The van der Waals surface area contributed by atoms with Gasteiger partial charge in [0.1, 0.15) is 10.1 Å². The minimum atomic E-state index is -4.61. The average molecular weight is 216 g/mol. The third-order valence-corrected chi connectivity index (χ3v) is 2.93. The summed E-state index contributed by atoms with van der Waals surface area (Å²) in [6, 6.07) is 2.96. The second-order valence-electron chi connectivity index (χ2n) is 1.86. The Morgan fingerprint density at radius 3 is 2.50 bits per heavy atom. The summed E-state index contributed by atoms with van der Waals surface area (Å²) >= 11 is 1.03. The molecule has 0 aliphatic carbocycles. The molecule has 1 aromatic rings. The molecule has 1 N–H and O–H groups in total. The average Bonchev–Trinajstić information content (AvgIpc) is 2.34. The topological polar surface area (TPSA) is 77.4 Å². The quantitative estimate of drug-likeness (QED) is 0.430. The van der Waals surface area contributed by atoms with E-state index >= 15 is 0 Å². The van der Waals surface area contributed by atoms with Crippen molar-refractivity contribution in [1.29, 1.82) is 0 Å². The molecule has 0 aliphatic heterocycles. The molecule has 1 atom stereocenters. The van der Waals surface area contributed by atoms with Crippen LogP contribution in [0, 0.1) is 0 Å². The van der Waals surface area contributed by atoms with Gasteiger partial charge in [-0.25, -0.2) is 8.42 Å². The van der Waals surface area contributed by atoms with Crippen molar-refractivity contribution in [3.63, 3.8) is 0 Å². The predicted molar refractivity (Wildman–Crippen MR) is 39.0 cm³/mol. The Kier molecular flexibility index (Phi) is 4.93. The van der Waals surface area contributed by atoms with E-state index in [4.69, 9.17) is 5.11 Å². The number of aliphatic hydroxyl groups excluding tert-OH is 1. The molecule has 0 amide bonds. The fourth-order valence-corrected chi connectivity index (χ4v) is 2.05. The predicted octanol–water partition coefficient (Wildman–Crippen LogP) is -2.71. The van der Waals surface area contributed by atoms with Crippen LogP contribution in [0.1, 0.15) is 10.3 Å². The molecule has 7 heteroatoms. The van der Waals surface area contributed by atoms with Crippen LogP contribution in [-0.4, -0.2) is 18.1 Å². The SMILES string of the molecule is O=S(=O)([O-])C(O)c1cccs1.[Na+]. The van der Waals surface area contributed by atoms with Crippen LogP contribution in [0.5, 0.6) is 0 Å². The molecule has 62 valence electrons. The molecule has 4 nitrogen and oxygen atoms in total. The van der Waals surface area contributed by atoms with Gasteiger partial charge in [-0.3, -0.25) is 0 Å². The van der Waals surface area contributed by atoms with Crippen LogP contribution >= 0.6 is 11.3 Å². The fraction of sp³-hybridized carbons (Fsp3) is 0.200. The van der Waals surface area contributed by atoms with Crippen LogP contribution in [0.2, 0.25) is 0 Å². The van der Waals surface area contributed by atoms with Gasteiger partial charge < -0.3 is 9.66 Å². The molecule has 0 aliphatic rings. The van der Waals surface area contributed by atoms with Crippen LogP contribution in [0.15, 0.2) is 17.5 Å². The van der Waals surface area contributed by atoms with E-state index in [1.807, 2.05) is 0 Å². The summed E-state index contributed by atoms with van der Waals surface area (Å²) in [5, 5.41) is 10.4. The zero-order chi connectivity index (χ0) is 8.48. The van der Waals surface area contributed by atoms with Gasteiger partial charge in [-0.15, -0.1) is 11.3 Å². The Labute approximate surface area is 96.3 Å². The zero-order valence-electron chi connectivity index (χ0n) is 6.30. The Bertz CT molecular complexity index is 317. The maximum atomic E-state index is 10.2. The van der Waals surface area contributed by atoms with Crippen molar-refractivity contribution in [3.8, 4) is 0 Å². The first-order valence-corrected chi connectivity index (χ1v) is 5.03. The maximum Gasteiger partial charge on any atom is 1.00 e. The summed E-state index contributed by atoms with van der Waals surface area (Å²) in [6.45, 7) is 0. The number of hydrogen-bond acceptors (Lipinski definition) is 5. The van der Waals surface area contributed by atoms with Crippen LogP contribution in [0.25, 0.3) is 0 Å². The van der Waals surface area contributed by atoms with Gasteiger partial charge in [0, 0.05) is 4.88 Å². The van der Waals surface area contributed by atoms with Crippen molar-refractivity contribution in [2.75, 3.05) is 0 Å². The van der Waals surface area contributed by atoms with Gasteiger partial charge in [-0.05, 0) is 11.4 Å². The zero-order valence-corrected chi connectivity index (χ0v) is 9.93. The monoisotopic (exact) mass is 216 g/mol. The number of hydrogen-bond donors (Lipinski definition) is 1. The third kappa shape index (κ3) is 3.14. The Balaban J connectivity index is 0.00000121. The van der Waals surface area contributed by atoms with Crippen LogP contribution < -0.4 is 29.6 Å². The molecule has 1 unspecified atom stereocenters. The minimum Gasteiger partial charge on any atom is -0.746 e. The van der Waals surface area contributed by atoms with E-state index < -0.39 is 15.6 Å². The molecule has 0 radical (unpaired) electrons. The summed E-state index contributed by atoms with van der Waals surface area (Å²) in [7, 11) is -4.61. The van der Waals surface area contributed by atoms with Gasteiger partial charge in [0.2, 0.25) is 0 Å². The summed E-state index contributed by atoms with van der Waals surface area (Å²) in [5.41, 5.74) is -1.91. The molecule has 0 spiro atoms. The van der Waals surface area contributed by atoms with Crippen LogP contribution in [0.4, 0.5) is 0 Å². The number of thiophene rings is 1. The van der Waals surface area contributed by atoms with Gasteiger partial charge in [0.15, 0.2) is 5.44 Å². The van der Waals surface area contributed by atoms with Crippen molar-refractivity contribution in [1.82, 2.24) is 0 Å². The smallest absolute Gasteiger partial charge is 0.746 e. The summed E-state index contributed by atoms with van der Waals surface area (Å²) in [4.78, 5) is 0.153. The first-order chi connectivity index (χ1) is 5.02. The molecule has 12 heavy (non-hydrogen) atoms. The molecule has 0 saturated heterocycles. The molecule has 0 fully saturated rings. The summed E-state index contributed by atoms with van der Waals surface area (Å²) in [5.74, 6) is 0. The fourth-order valence-electron chi connectivity index (χ4n) is 0.574. The van der Waals surface area contributed by atoms with E-state index in [2.05, 4.69) is 0 Å². The van der Waals surface area contributed by atoms with E-state index in [1.54, 1.807) is 11.4 Å². The van der Waals surface area contributed by atoms with Crippen molar-refractivity contribution in [3.05, 3.63) is 22.4 Å². The number of rotatable bonds is 2. The molecule has 1 heterocycles. The molecule has 0 saturated carbocycles. The van der Waals surface area contributed by atoms with Gasteiger partial charge in [0.25, 0.3) is 0 Å². The summed E-state index contributed by atoms with van der Waals surface area (Å²) in [6.07, 6.45) is 0. The molecule has 0 bridgehead atoms. The molecular weight excluding hydrogens is 211 g/mol. The standard InChI is InChI=1S/C5H6O4S2.Na/c6-5(11(7,8)9)4-2-1-3-10-4;/h1-3,5-6H,(H,7,8,9);/q;+1/p-1. The van der Waals surface area contributed by atoms with Gasteiger partial charge in [-0.1, -0.05) is 6.07 Å². The molecular formula is C5H5NaO4S2.